The molecule has 1 N–H and O–H groups in total. The van der Waals surface area contributed by atoms with E-state index in [-0.39, 0.29) is 0 Å². The summed E-state index contributed by atoms with van der Waals surface area (Å²) in [6.07, 6.45) is 7.81. The molecule has 1 aromatic heterocycles. The molecule has 13 heavy (non-hydrogen) atoms. The molecule has 1 aromatic rings. The number of carboxylic acid groups (broad SMARTS) is 1. The van der Waals surface area contributed by atoms with Crippen LogP contribution in [0.25, 0.3) is 6.08 Å². The lowest BCUT2D eigenvalue weighted by Gasteiger charge is -1.87. The Morgan fingerprint density at radius 3 is 2.92 bits per heavy atom. The standard InChI is InChI=1S/C10H10O3/c1-8(6-10(11)12)2-3-9-4-5-13-7-9/h2-7H,1H3,(H,11,12). The van der Waals surface area contributed by atoms with Crippen molar-refractivity contribution in [3.8, 4) is 0 Å². The zero-order valence-corrected chi connectivity index (χ0v) is 7.23. The third-order valence-electron chi connectivity index (χ3n) is 1.43. The molecule has 0 unspecified atom stereocenters. The van der Waals surface area contributed by atoms with Gasteiger partial charge in [0.05, 0.1) is 12.5 Å². The van der Waals surface area contributed by atoms with Gasteiger partial charge in [0, 0.05) is 11.6 Å². The van der Waals surface area contributed by atoms with Crippen LogP contribution >= 0.6 is 0 Å². The van der Waals surface area contributed by atoms with Crippen molar-refractivity contribution in [3.63, 3.8) is 0 Å². The Hall–Kier alpha value is -1.77. The first-order chi connectivity index (χ1) is 6.18. The van der Waals surface area contributed by atoms with Gasteiger partial charge in [-0.05, 0) is 18.6 Å². The Morgan fingerprint density at radius 2 is 2.38 bits per heavy atom. The first-order valence-electron chi connectivity index (χ1n) is 3.80. The van der Waals surface area contributed by atoms with Gasteiger partial charge in [0.1, 0.15) is 0 Å². The number of hydrogen-bond acceptors (Lipinski definition) is 2. The zero-order valence-electron chi connectivity index (χ0n) is 7.23. The van der Waals surface area contributed by atoms with E-state index in [1.807, 2.05) is 0 Å². The number of furan rings is 1. The quantitative estimate of drug-likeness (QED) is 0.570. The van der Waals surface area contributed by atoms with Gasteiger partial charge in [0.25, 0.3) is 0 Å². The normalized spacial score (nSPS) is 12.2. The van der Waals surface area contributed by atoms with Gasteiger partial charge < -0.3 is 9.52 Å². The molecule has 3 nitrogen and oxygen atoms in total. The third-order valence-corrected chi connectivity index (χ3v) is 1.43. The minimum atomic E-state index is -0.936. The van der Waals surface area contributed by atoms with Gasteiger partial charge in [-0.15, -0.1) is 0 Å². The molecule has 0 aromatic carbocycles. The number of carbonyl (C=O) groups is 1. The van der Waals surface area contributed by atoms with Crippen molar-refractivity contribution in [3.05, 3.63) is 41.9 Å². The van der Waals surface area contributed by atoms with Crippen molar-refractivity contribution in [1.82, 2.24) is 0 Å². The van der Waals surface area contributed by atoms with Crippen molar-refractivity contribution in [1.29, 1.82) is 0 Å². The maximum absolute atomic E-state index is 10.2. The van der Waals surface area contributed by atoms with Crippen molar-refractivity contribution in [2.45, 2.75) is 6.92 Å². The predicted molar refractivity (Wildman–Crippen MR) is 49.1 cm³/mol. The number of carboxylic acids is 1. The van der Waals surface area contributed by atoms with Gasteiger partial charge in [-0.3, -0.25) is 0 Å². The van der Waals surface area contributed by atoms with Crippen LogP contribution < -0.4 is 0 Å². The van der Waals surface area contributed by atoms with Gasteiger partial charge >= 0.3 is 5.97 Å². The average Bonchev–Trinajstić information content (AvgIpc) is 2.51. The van der Waals surface area contributed by atoms with Crippen molar-refractivity contribution < 1.29 is 14.3 Å². The van der Waals surface area contributed by atoms with E-state index in [9.17, 15) is 4.79 Å². The zero-order chi connectivity index (χ0) is 9.68. The number of allylic oxidation sites excluding steroid dienone is 2. The van der Waals surface area contributed by atoms with Crippen LogP contribution in [-0.2, 0) is 4.79 Å². The highest BCUT2D eigenvalue weighted by atomic mass is 16.4. The summed E-state index contributed by atoms with van der Waals surface area (Å²) in [6.45, 7) is 1.73. The summed E-state index contributed by atoms with van der Waals surface area (Å²) in [5.74, 6) is -0.936. The highest BCUT2D eigenvalue weighted by molar-refractivity contribution is 5.81. The molecule has 68 valence electrons. The van der Waals surface area contributed by atoms with E-state index >= 15 is 0 Å². The molecule has 0 bridgehead atoms. The molecule has 0 aliphatic rings. The summed E-state index contributed by atoms with van der Waals surface area (Å²) >= 11 is 0. The lowest BCUT2D eigenvalue weighted by molar-refractivity contribution is -0.131. The van der Waals surface area contributed by atoms with E-state index in [0.717, 1.165) is 11.6 Å². The number of hydrogen-bond donors (Lipinski definition) is 1. The average molecular weight is 178 g/mol. The molecule has 0 fully saturated rings. The van der Waals surface area contributed by atoms with E-state index in [1.54, 1.807) is 37.7 Å². The van der Waals surface area contributed by atoms with Gasteiger partial charge in [-0.1, -0.05) is 12.2 Å². The second kappa shape index (κ2) is 4.30. The number of aliphatic carboxylic acids is 1. The molecule has 0 radical (unpaired) electrons. The smallest absolute Gasteiger partial charge is 0.328 e. The molecule has 0 aliphatic heterocycles. The minimum absolute atomic E-state index is 0.689. The lowest BCUT2D eigenvalue weighted by Crippen LogP contribution is -1.87. The highest BCUT2D eigenvalue weighted by Gasteiger charge is 1.90. The molecule has 0 aliphatic carbocycles. The molecular formula is C10H10O3. The Bertz CT molecular complexity index is 331. The molecule has 0 spiro atoms. The van der Waals surface area contributed by atoms with Crippen LogP contribution in [0, 0.1) is 0 Å². The topological polar surface area (TPSA) is 50.4 Å². The minimum Gasteiger partial charge on any atom is -0.478 e. The van der Waals surface area contributed by atoms with Crippen LogP contribution in [0.5, 0.6) is 0 Å². The lowest BCUT2D eigenvalue weighted by atomic mass is 10.2. The van der Waals surface area contributed by atoms with E-state index in [4.69, 9.17) is 9.52 Å². The fraction of sp³-hybridized carbons (Fsp3) is 0.100. The van der Waals surface area contributed by atoms with Gasteiger partial charge in [0.2, 0.25) is 0 Å². The second-order valence-corrected chi connectivity index (χ2v) is 2.62. The molecule has 0 saturated heterocycles. The van der Waals surface area contributed by atoms with Crippen LogP contribution in [-0.4, -0.2) is 11.1 Å². The van der Waals surface area contributed by atoms with Crippen molar-refractivity contribution in [2.24, 2.45) is 0 Å². The van der Waals surface area contributed by atoms with E-state index in [1.165, 1.54) is 0 Å². The summed E-state index contributed by atoms with van der Waals surface area (Å²) in [6, 6.07) is 1.80. The maximum Gasteiger partial charge on any atom is 0.328 e. The summed E-state index contributed by atoms with van der Waals surface area (Å²) in [5, 5.41) is 8.41. The molecular weight excluding hydrogens is 168 g/mol. The number of rotatable bonds is 3. The maximum atomic E-state index is 10.2. The molecule has 0 atom stereocenters. The summed E-state index contributed by atoms with van der Waals surface area (Å²) in [7, 11) is 0. The summed E-state index contributed by atoms with van der Waals surface area (Å²) in [5.41, 5.74) is 1.60. The molecule has 0 saturated carbocycles. The van der Waals surface area contributed by atoms with E-state index in [2.05, 4.69) is 0 Å². The van der Waals surface area contributed by atoms with Crippen LogP contribution in [0.2, 0.25) is 0 Å². The van der Waals surface area contributed by atoms with E-state index < -0.39 is 5.97 Å². The van der Waals surface area contributed by atoms with E-state index in [0.29, 0.717) is 5.57 Å². The molecule has 1 rings (SSSR count). The fourth-order valence-electron chi connectivity index (χ4n) is 0.840. The van der Waals surface area contributed by atoms with Crippen molar-refractivity contribution in [2.75, 3.05) is 0 Å². The Balaban J connectivity index is 2.64. The predicted octanol–water partition coefficient (Wildman–Crippen LogP) is 2.32. The van der Waals surface area contributed by atoms with Gasteiger partial charge in [0.15, 0.2) is 0 Å². The molecule has 3 heteroatoms. The van der Waals surface area contributed by atoms with Crippen LogP contribution in [0.4, 0.5) is 0 Å². The highest BCUT2D eigenvalue weighted by Crippen LogP contribution is 2.05. The summed E-state index contributed by atoms with van der Waals surface area (Å²) < 4.78 is 4.84. The van der Waals surface area contributed by atoms with Crippen LogP contribution in [0.3, 0.4) is 0 Å². The van der Waals surface area contributed by atoms with Crippen LogP contribution in [0.15, 0.2) is 40.7 Å². The van der Waals surface area contributed by atoms with Gasteiger partial charge in [-0.25, -0.2) is 4.79 Å². The van der Waals surface area contributed by atoms with Crippen LogP contribution in [0.1, 0.15) is 12.5 Å². The Kier molecular flexibility index (Phi) is 3.09. The third kappa shape index (κ3) is 3.42. The second-order valence-electron chi connectivity index (χ2n) is 2.62. The monoisotopic (exact) mass is 178 g/mol. The first-order valence-corrected chi connectivity index (χ1v) is 3.80. The SMILES string of the molecule is CC(C=Cc1ccoc1)=CC(=O)O. The Morgan fingerprint density at radius 1 is 1.62 bits per heavy atom. The fourth-order valence-corrected chi connectivity index (χ4v) is 0.840. The largest absolute Gasteiger partial charge is 0.478 e. The summed E-state index contributed by atoms with van der Waals surface area (Å²) in [4.78, 5) is 10.2. The first kappa shape index (κ1) is 9.32. The molecule has 0 amide bonds. The van der Waals surface area contributed by atoms with Crippen molar-refractivity contribution >= 4 is 12.0 Å². The Labute approximate surface area is 76.0 Å². The molecule has 1 heterocycles. The van der Waals surface area contributed by atoms with Gasteiger partial charge in [-0.2, -0.15) is 0 Å².